The van der Waals surface area contributed by atoms with Crippen molar-refractivity contribution in [2.45, 2.75) is 27.2 Å². The minimum Gasteiger partial charge on any atom is -0.340 e. The van der Waals surface area contributed by atoms with Crippen molar-refractivity contribution in [2.75, 3.05) is 24.5 Å². The Hall–Kier alpha value is -1.16. The molecule has 0 aromatic carbocycles. The van der Waals surface area contributed by atoms with Gasteiger partial charge >= 0.3 is 0 Å². The zero-order chi connectivity index (χ0) is 11.3. The highest BCUT2D eigenvalue weighted by Gasteiger charge is 2.08. The lowest BCUT2D eigenvalue weighted by atomic mass is 10.3. The molecule has 4 nitrogen and oxygen atoms in total. The number of rotatable bonds is 5. The zero-order valence-corrected chi connectivity index (χ0v) is 9.82. The van der Waals surface area contributed by atoms with E-state index >= 15 is 0 Å². The molecule has 1 aromatic rings. The van der Waals surface area contributed by atoms with Crippen LogP contribution in [0.5, 0.6) is 0 Å². The monoisotopic (exact) mass is 208 g/mol. The minimum atomic E-state index is 0.635. The first kappa shape index (κ1) is 11.9. The molecule has 1 rings (SSSR count). The van der Waals surface area contributed by atoms with E-state index in [4.69, 9.17) is 5.73 Å². The molecule has 4 heteroatoms. The van der Waals surface area contributed by atoms with Gasteiger partial charge < -0.3 is 10.6 Å². The molecule has 0 aliphatic carbocycles. The number of nitrogens with two attached hydrogens (primary N) is 1. The molecular formula is C11H20N4. The van der Waals surface area contributed by atoms with Crippen molar-refractivity contribution < 1.29 is 0 Å². The largest absolute Gasteiger partial charge is 0.340 e. The van der Waals surface area contributed by atoms with Crippen LogP contribution in [0.2, 0.25) is 0 Å². The number of nitrogens with zero attached hydrogens (tertiary/aromatic N) is 3. The Morgan fingerprint density at radius 2 is 1.80 bits per heavy atom. The van der Waals surface area contributed by atoms with Crippen LogP contribution in [-0.2, 0) is 0 Å². The van der Waals surface area contributed by atoms with Crippen LogP contribution in [0.1, 0.15) is 24.7 Å². The summed E-state index contributed by atoms with van der Waals surface area (Å²) < 4.78 is 0. The van der Waals surface area contributed by atoms with Gasteiger partial charge in [-0.05, 0) is 26.3 Å². The fourth-order valence-electron chi connectivity index (χ4n) is 1.59. The summed E-state index contributed by atoms with van der Waals surface area (Å²) in [5, 5.41) is 0. The molecular weight excluding hydrogens is 188 g/mol. The van der Waals surface area contributed by atoms with Gasteiger partial charge in [-0.25, -0.2) is 9.97 Å². The van der Waals surface area contributed by atoms with E-state index in [1.807, 2.05) is 19.9 Å². The molecule has 2 N–H and O–H groups in total. The highest BCUT2D eigenvalue weighted by Crippen LogP contribution is 2.09. The van der Waals surface area contributed by atoms with Crippen molar-refractivity contribution >= 4 is 5.95 Å². The van der Waals surface area contributed by atoms with Gasteiger partial charge in [-0.2, -0.15) is 0 Å². The maximum atomic E-state index is 5.58. The van der Waals surface area contributed by atoms with Gasteiger partial charge in [0.1, 0.15) is 0 Å². The number of anilines is 1. The molecule has 0 unspecified atom stereocenters. The van der Waals surface area contributed by atoms with Gasteiger partial charge in [-0.3, -0.25) is 0 Å². The van der Waals surface area contributed by atoms with Gasteiger partial charge in [0.25, 0.3) is 0 Å². The average molecular weight is 208 g/mol. The van der Waals surface area contributed by atoms with E-state index in [1.54, 1.807) is 0 Å². The van der Waals surface area contributed by atoms with Gasteiger partial charge in [0.05, 0.1) is 0 Å². The minimum absolute atomic E-state index is 0.635. The van der Waals surface area contributed by atoms with Crippen LogP contribution in [0.15, 0.2) is 6.07 Å². The van der Waals surface area contributed by atoms with E-state index in [9.17, 15) is 0 Å². The van der Waals surface area contributed by atoms with E-state index in [1.165, 1.54) is 0 Å². The first-order valence-electron chi connectivity index (χ1n) is 5.44. The number of aryl methyl sites for hydroxylation is 2. The zero-order valence-electron chi connectivity index (χ0n) is 9.82. The van der Waals surface area contributed by atoms with Crippen molar-refractivity contribution in [2.24, 2.45) is 5.73 Å². The fraction of sp³-hybridized carbons (Fsp3) is 0.636. The van der Waals surface area contributed by atoms with Crippen LogP contribution in [0.3, 0.4) is 0 Å². The molecule has 15 heavy (non-hydrogen) atoms. The lowest BCUT2D eigenvalue weighted by molar-refractivity contribution is 0.732. The maximum absolute atomic E-state index is 5.58. The topological polar surface area (TPSA) is 55.0 Å². The lowest BCUT2D eigenvalue weighted by Crippen LogP contribution is -2.31. The second-order valence-electron chi connectivity index (χ2n) is 3.73. The molecule has 0 radical (unpaired) electrons. The van der Waals surface area contributed by atoms with Gasteiger partial charge in [-0.15, -0.1) is 0 Å². The fourth-order valence-corrected chi connectivity index (χ4v) is 1.59. The Labute approximate surface area is 91.5 Å². The van der Waals surface area contributed by atoms with E-state index in [-0.39, 0.29) is 0 Å². The Morgan fingerprint density at radius 3 is 2.27 bits per heavy atom. The predicted octanol–water partition coefficient (Wildman–Crippen LogP) is 1.27. The van der Waals surface area contributed by atoms with Crippen LogP contribution < -0.4 is 10.6 Å². The smallest absolute Gasteiger partial charge is 0.225 e. The number of aromatic nitrogens is 2. The van der Waals surface area contributed by atoms with Crippen molar-refractivity contribution in [3.63, 3.8) is 0 Å². The summed E-state index contributed by atoms with van der Waals surface area (Å²) >= 11 is 0. The summed E-state index contributed by atoms with van der Waals surface area (Å²) in [5.74, 6) is 0.805. The second-order valence-corrected chi connectivity index (χ2v) is 3.73. The molecule has 0 aliphatic rings. The second kappa shape index (κ2) is 5.66. The normalized spacial score (nSPS) is 10.4. The molecule has 0 amide bonds. The molecule has 1 aromatic heterocycles. The van der Waals surface area contributed by atoms with Crippen LogP contribution in [0, 0.1) is 13.8 Å². The summed E-state index contributed by atoms with van der Waals surface area (Å²) in [6.45, 7) is 8.54. The molecule has 0 spiro atoms. The summed E-state index contributed by atoms with van der Waals surface area (Å²) in [6.07, 6.45) is 1.08. The van der Waals surface area contributed by atoms with Gasteiger partial charge in [-0.1, -0.05) is 6.92 Å². The van der Waals surface area contributed by atoms with Gasteiger partial charge in [0.15, 0.2) is 0 Å². The van der Waals surface area contributed by atoms with E-state index < -0.39 is 0 Å². The summed E-state index contributed by atoms with van der Waals surface area (Å²) in [6, 6.07) is 1.98. The Morgan fingerprint density at radius 1 is 1.20 bits per heavy atom. The van der Waals surface area contributed by atoms with Crippen molar-refractivity contribution in [3.8, 4) is 0 Å². The summed E-state index contributed by atoms with van der Waals surface area (Å²) in [4.78, 5) is 11.0. The SMILES string of the molecule is CCCN(CCN)c1nc(C)cc(C)n1. The number of hydrogen-bond donors (Lipinski definition) is 1. The highest BCUT2D eigenvalue weighted by atomic mass is 15.2. The Balaban J connectivity index is 2.88. The van der Waals surface area contributed by atoms with Crippen molar-refractivity contribution in [3.05, 3.63) is 17.5 Å². The molecule has 84 valence electrons. The first-order valence-corrected chi connectivity index (χ1v) is 5.44. The van der Waals surface area contributed by atoms with E-state index in [2.05, 4.69) is 21.8 Å². The van der Waals surface area contributed by atoms with Crippen LogP contribution in [0.25, 0.3) is 0 Å². The standard InChI is InChI=1S/C11H20N4/c1-4-6-15(7-5-12)11-13-9(2)8-10(3)14-11/h8H,4-7,12H2,1-3H3. The number of hydrogen-bond acceptors (Lipinski definition) is 4. The quantitative estimate of drug-likeness (QED) is 0.791. The Bertz CT molecular complexity index is 285. The van der Waals surface area contributed by atoms with Crippen LogP contribution in [0.4, 0.5) is 5.95 Å². The average Bonchev–Trinajstić information content (AvgIpc) is 2.16. The third-order valence-electron chi connectivity index (χ3n) is 2.15. The third kappa shape index (κ3) is 3.47. The molecule has 0 aliphatic heterocycles. The summed E-state index contributed by atoms with van der Waals surface area (Å²) in [7, 11) is 0. The molecule has 0 saturated heterocycles. The summed E-state index contributed by atoms with van der Waals surface area (Å²) in [5.41, 5.74) is 7.60. The molecule has 0 fully saturated rings. The first-order chi connectivity index (χ1) is 7.17. The third-order valence-corrected chi connectivity index (χ3v) is 2.15. The highest BCUT2D eigenvalue weighted by molar-refractivity contribution is 5.31. The lowest BCUT2D eigenvalue weighted by Gasteiger charge is -2.21. The van der Waals surface area contributed by atoms with E-state index in [0.29, 0.717) is 6.54 Å². The Kier molecular flexibility index (Phi) is 4.49. The van der Waals surface area contributed by atoms with Crippen LogP contribution in [-0.4, -0.2) is 29.6 Å². The van der Waals surface area contributed by atoms with Crippen molar-refractivity contribution in [1.29, 1.82) is 0 Å². The molecule has 0 saturated carbocycles. The molecule has 1 heterocycles. The van der Waals surface area contributed by atoms with Gasteiger partial charge in [0.2, 0.25) is 5.95 Å². The van der Waals surface area contributed by atoms with E-state index in [0.717, 1.165) is 36.8 Å². The molecule has 0 bridgehead atoms. The molecule has 0 atom stereocenters. The van der Waals surface area contributed by atoms with Crippen LogP contribution >= 0.6 is 0 Å². The maximum Gasteiger partial charge on any atom is 0.225 e. The van der Waals surface area contributed by atoms with Crippen molar-refractivity contribution in [1.82, 2.24) is 9.97 Å². The van der Waals surface area contributed by atoms with Gasteiger partial charge in [0, 0.05) is 31.0 Å². The predicted molar refractivity (Wildman–Crippen MR) is 63.1 cm³/mol.